The lowest BCUT2D eigenvalue weighted by Crippen LogP contribution is -2.23. The molecule has 0 amide bonds. The normalized spacial score (nSPS) is 11.1. The summed E-state index contributed by atoms with van der Waals surface area (Å²) in [6.07, 6.45) is 3.60. The van der Waals surface area contributed by atoms with Gasteiger partial charge in [-0.1, -0.05) is 29.8 Å². The van der Waals surface area contributed by atoms with Crippen LogP contribution in [0.25, 0.3) is 11.3 Å². The van der Waals surface area contributed by atoms with Crippen molar-refractivity contribution in [3.8, 4) is 17.1 Å². The fourth-order valence-electron chi connectivity index (χ4n) is 2.05. The van der Waals surface area contributed by atoms with Crippen molar-refractivity contribution in [2.24, 2.45) is 0 Å². The number of ether oxygens (including phenoxy) is 1. The molecular formula is C16H21BrN2O2. The highest BCUT2D eigenvalue weighted by molar-refractivity contribution is 9.10. The van der Waals surface area contributed by atoms with Gasteiger partial charge in [0.15, 0.2) is 11.7 Å². The van der Waals surface area contributed by atoms with Gasteiger partial charge in [-0.2, -0.15) is 0 Å². The number of benzene rings is 1. The summed E-state index contributed by atoms with van der Waals surface area (Å²) in [5.41, 5.74) is 0.916. The second kappa shape index (κ2) is 7.61. The average Bonchev–Trinajstić information content (AvgIpc) is 2.92. The van der Waals surface area contributed by atoms with Crippen LogP contribution in [0, 0.1) is 0 Å². The zero-order valence-corrected chi connectivity index (χ0v) is 14.2. The third-order valence-corrected chi connectivity index (χ3v) is 3.60. The summed E-state index contributed by atoms with van der Waals surface area (Å²) in [7, 11) is 1.65. The molecule has 0 fully saturated rings. The summed E-state index contributed by atoms with van der Waals surface area (Å²) < 4.78 is 12.2. The molecule has 0 saturated heterocycles. The number of aryl methyl sites for hydroxylation is 1. The Bertz CT molecular complexity index is 581. The minimum atomic E-state index is 0.511. The van der Waals surface area contributed by atoms with Gasteiger partial charge in [-0.05, 0) is 31.2 Å². The number of oxazole rings is 1. The number of halogens is 1. The maximum atomic E-state index is 5.82. The number of methoxy groups -OCH3 is 1. The van der Waals surface area contributed by atoms with Crippen molar-refractivity contribution < 1.29 is 9.15 Å². The van der Waals surface area contributed by atoms with Crippen molar-refractivity contribution in [2.75, 3.05) is 13.7 Å². The first-order chi connectivity index (χ1) is 10.1. The molecule has 4 nitrogen and oxygen atoms in total. The second-order valence-corrected chi connectivity index (χ2v) is 6.09. The van der Waals surface area contributed by atoms with E-state index in [1.54, 1.807) is 13.3 Å². The van der Waals surface area contributed by atoms with E-state index >= 15 is 0 Å². The number of hydrogen-bond donors (Lipinski definition) is 1. The van der Waals surface area contributed by atoms with E-state index in [9.17, 15) is 0 Å². The van der Waals surface area contributed by atoms with Crippen LogP contribution in [0.4, 0.5) is 0 Å². The summed E-state index contributed by atoms with van der Waals surface area (Å²) in [6, 6.07) is 6.36. The Morgan fingerprint density at radius 2 is 2.19 bits per heavy atom. The predicted molar refractivity (Wildman–Crippen MR) is 87.7 cm³/mol. The Morgan fingerprint density at radius 3 is 2.90 bits per heavy atom. The fraction of sp³-hybridized carbons (Fsp3) is 0.438. The SMILES string of the molecule is COc1cc(Br)ccc1-c1cnc(CCCNC(C)C)o1. The molecule has 1 aromatic carbocycles. The molecule has 0 aliphatic heterocycles. The number of rotatable bonds is 7. The predicted octanol–water partition coefficient (Wildman–Crippen LogP) is 4.04. The van der Waals surface area contributed by atoms with Gasteiger partial charge in [-0.25, -0.2) is 4.98 Å². The Morgan fingerprint density at radius 1 is 1.38 bits per heavy atom. The van der Waals surface area contributed by atoms with E-state index in [0.717, 1.165) is 46.8 Å². The summed E-state index contributed by atoms with van der Waals surface area (Å²) in [5, 5.41) is 3.38. The van der Waals surface area contributed by atoms with Gasteiger partial charge in [-0.15, -0.1) is 0 Å². The van der Waals surface area contributed by atoms with E-state index in [-0.39, 0.29) is 0 Å². The number of nitrogens with zero attached hydrogens (tertiary/aromatic N) is 1. The first kappa shape index (κ1) is 16.0. The maximum absolute atomic E-state index is 5.82. The molecule has 0 bridgehead atoms. The van der Waals surface area contributed by atoms with Crippen molar-refractivity contribution in [3.05, 3.63) is 34.8 Å². The number of nitrogens with one attached hydrogen (secondary N) is 1. The van der Waals surface area contributed by atoms with Gasteiger partial charge >= 0.3 is 0 Å². The first-order valence-corrected chi connectivity index (χ1v) is 7.91. The van der Waals surface area contributed by atoms with E-state index in [1.807, 2.05) is 18.2 Å². The molecule has 1 N–H and O–H groups in total. The molecule has 0 radical (unpaired) electrons. The molecule has 114 valence electrons. The third-order valence-electron chi connectivity index (χ3n) is 3.10. The van der Waals surface area contributed by atoms with E-state index in [1.165, 1.54) is 0 Å². The lowest BCUT2D eigenvalue weighted by molar-refractivity contribution is 0.413. The fourth-order valence-corrected chi connectivity index (χ4v) is 2.39. The molecule has 0 spiro atoms. The molecule has 0 aliphatic carbocycles. The highest BCUT2D eigenvalue weighted by atomic mass is 79.9. The van der Waals surface area contributed by atoms with Gasteiger partial charge in [0.05, 0.1) is 18.9 Å². The molecule has 0 aliphatic rings. The van der Waals surface area contributed by atoms with Crippen molar-refractivity contribution >= 4 is 15.9 Å². The molecule has 1 heterocycles. The lowest BCUT2D eigenvalue weighted by atomic mass is 10.1. The van der Waals surface area contributed by atoms with E-state index < -0.39 is 0 Å². The van der Waals surface area contributed by atoms with Crippen molar-refractivity contribution in [2.45, 2.75) is 32.7 Å². The van der Waals surface area contributed by atoms with Gasteiger partial charge in [0.1, 0.15) is 5.75 Å². The molecule has 0 unspecified atom stereocenters. The van der Waals surface area contributed by atoms with Gasteiger partial charge < -0.3 is 14.5 Å². The zero-order chi connectivity index (χ0) is 15.2. The van der Waals surface area contributed by atoms with Crippen LogP contribution in [0.15, 0.2) is 33.3 Å². The Labute approximate surface area is 134 Å². The molecule has 5 heteroatoms. The summed E-state index contributed by atoms with van der Waals surface area (Å²) in [5.74, 6) is 2.28. The molecule has 2 rings (SSSR count). The largest absolute Gasteiger partial charge is 0.496 e. The van der Waals surface area contributed by atoms with Crippen molar-refractivity contribution in [1.29, 1.82) is 0 Å². The van der Waals surface area contributed by atoms with Crippen molar-refractivity contribution in [1.82, 2.24) is 10.3 Å². The van der Waals surface area contributed by atoms with E-state index in [0.29, 0.717) is 6.04 Å². The monoisotopic (exact) mass is 352 g/mol. The highest BCUT2D eigenvalue weighted by Gasteiger charge is 2.11. The quantitative estimate of drug-likeness (QED) is 0.763. The first-order valence-electron chi connectivity index (χ1n) is 7.12. The van der Waals surface area contributed by atoms with Crippen LogP contribution in [-0.4, -0.2) is 24.7 Å². The van der Waals surface area contributed by atoms with Crippen LogP contribution >= 0.6 is 15.9 Å². The topological polar surface area (TPSA) is 47.3 Å². The molecule has 2 aromatic rings. The van der Waals surface area contributed by atoms with Crippen LogP contribution in [0.2, 0.25) is 0 Å². The Hall–Kier alpha value is -1.33. The summed E-state index contributed by atoms with van der Waals surface area (Å²) in [4.78, 5) is 4.35. The van der Waals surface area contributed by atoms with Crippen molar-refractivity contribution in [3.63, 3.8) is 0 Å². The maximum Gasteiger partial charge on any atom is 0.194 e. The van der Waals surface area contributed by atoms with Crippen LogP contribution in [0.1, 0.15) is 26.2 Å². The summed E-state index contributed by atoms with van der Waals surface area (Å²) >= 11 is 3.44. The van der Waals surface area contributed by atoms with Crippen LogP contribution < -0.4 is 10.1 Å². The van der Waals surface area contributed by atoms with Gasteiger partial charge in [0.25, 0.3) is 0 Å². The van der Waals surface area contributed by atoms with E-state index in [4.69, 9.17) is 9.15 Å². The standard InChI is InChI=1S/C16H21BrN2O2/c1-11(2)18-8-4-5-16-19-10-15(21-16)13-7-6-12(17)9-14(13)20-3/h6-7,9-11,18H,4-5,8H2,1-3H3. The second-order valence-electron chi connectivity index (χ2n) is 5.18. The van der Waals surface area contributed by atoms with E-state index in [2.05, 4.69) is 40.1 Å². The van der Waals surface area contributed by atoms with Gasteiger partial charge in [-0.3, -0.25) is 0 Å². The Kier molecular flexibility index (Phi) is 5.82. The third kappa shape index (κ3) is 4.58. The molecular weight excluding hydrogens is 332 g/mol. The number of hydrogen-bond acceptors (Lipinski definition) is 4. The van der Waals surface area contributed by atoms with Gasteiger partial charge in [0.2, 0.25) is 0 Å². The van der Waals surface area contributed by atoms with Crippen LogP contribution in [0.3, 0.4) is 0 Å². The minimum Gasteiger partial charge on any atom is -0.496 e. The Balaban J connectivity index is 2.02. The minimum absolute atomic E-state index is 0.511. The number of aromatic nitrogens is 1. The molecule has 0 atom stereocenters. The highest BCUT2D eigenvalue weighted by Crippen LogP contribution is 2.32. The van der Waals surface area contributed by atoms with Crippen LogP contribution in [-0.2, 0) is 6.42 Å². The summed E-state index contributed by atoms with van der Waals surface area (Å²) in [6.45, 7) is 5.25. The molecule has 0 saturated carbocycles. The average molecular weight is 353 g/mol. The van der Waals surface area contributed by atoms with Crippen LogP contribution in [0.5, 0.6) is 5.75 Å². The van der Waals surface area contributed by atoms with Gasteiger partial charge in [0, 0.05) is 16.9 Å². The smallest absolute Gasteiger partial charge is 0.194 e. The molecule has 21 heavy (non-hydrogen) atoms. The zero-order valence-electron chi connectivity index (χ0n) is 12.6. The lowest BCUT2D eigenvalue weighted by Gasteiger charge is -2.06. The molecule has 1 aromatic heterocycles.